The van der Waals surface area contributed by atoms with E-state index in [0.29, 0.717) is 24.2 Å². The maximum atomic E-state index is 13.9. The lowest BCUT2D eigenvalue weighted by Crippen LogP contribution is -2.52. The van der Waals surface area contributed by atoms with Gasteiger partial charge in [0.25, 0.3) is 10.0 Å². The van der Waals surface area contributed by atoms with Gasteiger partial charge in [0, 0.05) is 17.6 Å². The minimum atomic E-state index is -4.12. The Morgan fingerprint density at radius 3 is 2.16 bits per heavy atom. The van der Waals surface area contributed by atoms with Crippen LogP contribution in [-0.2, 0) is 26.2 Å². The number of nitrogens with zero attached hydrogens (tertiary/aromatic N) is 2. The summed E-state index contributed by atoms with van der Waals surface area (Å²) in [6, 6.07) is 19.3. The van der Waals surface area contributed by atoms with Gasteiger partial charge in [-0.05, 0) is 66.9 Å². The number of carbonyl (C=O) groups excluding carboxylic acids is 2. The predicted octanol–water partition coefficient (Wildman–Crippen LogP) is 5.12. The fourth-order valence-corrected chi connectivity index (χ4v) is 5.63. The summed E-state index contributed by atoms with van der Waals surface area (Å²) in [6.45, 7) is 3.64. The highest BCUT2D eigenvalue weighted by Crippen LogP contribution is 2.26. The van der Waals surface area contributed by atoms with E-state index >= 15 is 0 Å². The number of nitrogens with one attached hydrogen (secondary N) is 1. The zero-order valence-corrected chi connectivity index (χ0v) is 23.7. The molecule has 1 N–H and O–H groups in total. The van der Waals surface area contributed by atoms with Gasteiger partial charge in [-0.1, -0.05) is 60.1 Å². The van der Waals surface area contributed by atoms with Crippen LogP contribution >= 0.6 is 15.9 Å². The van der Waals surface area contributed by atoms with Crippen molar-refractivity contribution in [3.05, 3.63) is 94.7 Å². The summed E-state index contributed by atoms with van der Waals surface area (Å²) >= 11 is 3.36. The molecule has 202 valence electrons. The van der Waals surface area contributed by atoms with Gasteiger partial charge >= 0.3 is 0 Å². The molecule has 3 aromatic carbocycles. The van der Waals surface area contributed by atoms with Crippen molar-refractivity contribution in [3.8, 4) is 0 Å². The molecule has 38 heavy (non-hydrogen) atoms. The Hall–Kier alpha value is -3.24. The van der Waals surface area contributed by atoms with Gasteiger partial charge in [0.15, 0.2) is 0 Å². The van der Waals surface area contributed by atoms with Gasteiger partial charge in [0.2, 0.25) is 11.8 Å². The molecule has 2 amide bonds. The number of hydrogen-bond donors (Lipinski definition) is 1. The standard InChI is InChI=1S/C28H31BrFN3O4S/c1-3-18-31-28(35)26(4-2)32(19-21-10-14-23(30)15-11-21)27(34)20-33(24-16-12-22(29)13-17-24)38(36,37)25-8-6-5-7-9-25/h5-17,26H,3-4,18-20H2,1-2H3,(H,31,35)/t26-/m1/s1. The van der Waals surface area contributed by atoms with Crippen LogP contribution in [0.2, 0.25) is 0 Å². The Kier molecular flexibility index (Phi) is 10.4. The number of rotatable bonds is 12. The predicted molar refractivity (Wildman–Crippen MR) is 149 cm³/mol. The lowest BCUT2D eigenvalue weighted by atomic mass is 10.1. The van der Waals surface area contributed by atoms with E-state index in [1.807, 2.05) is 6.92 Å². The van der Waals surface area contributed by atoms with Crippen LogP contribution in [-0.4, -0.2) is 44.3 Å². The average molecular weight is 605 g/mol. The zero-order valence-electron chi connectivity index (χ0n) is 21.3. The minimum Gasteiger partial charge on any atom is -0.354 e. The lowest BCUT2D eigenvalue weighted by molar-refractivity contribution is -0.140. The number of anilines is 1. The fraction of sp³-hybridized carbons (Fsp3) is 0.286. The van der Waals surface area contributed by atoms with Gasteiger partial charge in [-0.25, -0.2) is 12.8 Å². The van der Waals surface area contributed by atoms with Crippen LogP contribution in [0.5, 0.6) is 0 Å². The second-order valence-corrected chi connectivity index (χ2v) is 11.4. The quantitative estimate of drug-likeness (QED) is 0.311. The Balaban J connectivity index is 2.02. The third kappa shape index (κ3) is 7.41. The van der Waals surface area contributed by atoms with Crippen LogP contribution in [0.1, 0.15) is 32.3 Å². The number of sulfonamides is 1. The van der Waals surface area contributed by atoms with Crippen LogP contribution in [0.4, 0.5) is 10.1 Å². The molecule has 0 heterocycles. The van der Waals surface area contributed by atoms with E-state index in [4.69, 9.17) is 0 Å². The first-order chi connectivity index (χ1) is 18.2. The van der Waals surface area contributed by atoms with Crippen molar-refractivity contribution < 1.29 is 22.4 Å². The van der Waals surface area contributed by atoms with Crippen LogP contribution in [0.3, 0.4) is 0 Å². The highest BCUT2D eigenvalue weighted by molar-refractivity contribution is 9.10. The highest BCUT2D eigenvalue weighted by Gasteiger charge is 2.33. The molecule has 0 aromatic heterocycles. The van der Waals surface area contributed by atoms with E-state index in [2.05, 4.69) is 21.2 Å². The normalized spacial score (nSPS) is 12.0. The fourth-order valence-electron chi connectivity index (χ4n) is 3.93. The van der Waals surface area contributed by atoms with Gasteiger partial charge in [0.05, 0.1) is 10.6 Å². The van der Waals surface area contributed by atoms with Crippen molar-refractivity contribution in [2.24, 2.45) is 0 Å². The van der Waals surface area contributed by atoms with E-state index in [1.165, 1.54) is 29.2 Å². The molecule has 0 bridgehead atoms. The number of benzene rings is 3. The molecule has 0 radical (unpaired) electrons. The lowest BCUT2D eigenvalue weighted by Gasteiger charge is -2.33. The third-order valence-corrected chi connectivity index (χ3v) is 8.24. The van der Waals surface area contributed by atoms with Gasteiger partial charge in [-0.15, -0.1) is 0 Å². The summed E-state index contributed by atoms with van der Waals surface area (Å²) in [4.78, 5) is 28.3. The molecule has 10 heteroatoms. The van der Waals surface area contributed by atoms with E-state index in [1.54, 1.807) is 61.5 Å². The second kappa shape index (κ2) is 13.5. The Bertz CT molecular complexity index is 1320. The molecule has 0 saturated carbocycles. The van der Waals surface area contributed by atoms with Crippen molar-refractivity contribution in [2.75, 3.05) is 17.4 Å². The summed E-state index contributed by atoms with van der Waals surface area (Å²) in [6.07, 6.45) is 1.03. The van der Waals surface area contributed by atoms with Crippen molar-refractivity contribution in [2.45, 2.75) is 44.2 Å². The Morgan fingerprint density at radius 1 is 0.947 bits per heavy atom. The first-order valence-electron chi connectivity index (χ1n) is 12.3. The summed E-state index contributed by atoms with van der Waals surface area (Å²) in [5, 5.41) is 2.83. The average Bonchev–Trinajstić information content (AvgIpc) is 2.92. The van der Waals surface area contributed by atoms with Crippen LogP contribution in [0.25, 0.3) is 0 Å². The monoisotopic (exact) mass is 603 g/mol. The molecule has 0 aliphatic rings. The highest BCUT2D eigenvalue weighted by atomic mass is 79.9. The number of carbonyl (C=O) groups is 2. The van der Waals surface area contributed by atoms with E-state index in [9.17, 15) is 22.4 Å². The molecule has 0 saturated heterocycles. The zero-order chi connectivity index (χ0) is 27.7. The summed E-state index contributed by atoms with van der Waals surface area (Å²) in [5.74, 6) is -1.31. The van der Waals surface area contributed by atoms with Crippen LogP contribution in [0.15, 0.2) is 88.2 Å². The molecular formula is C28H31BrFN3O4S. The third-order valence-electron chi connectivity index (χ3n) is 5.93. The van der Waals surface area contributed by atoms with Crippen molar-refractivity contribution in [1.29, 1.82) is 0 Å². The topological polar surface area (TPSA) is 86.8 Å². The molecule has 0 fully saturated rings. The summed E-state index contributed by atoms with van der Waals surface area (Å²) < 4.78 is 42.7. The Labute approximate surface area is 231 Å². The van der Waals surface area contributed by atoms with Gasteiger partial charge in [0.1, 0.15) is 18.4 Å². The molecular weight excluding hydrogens is 573 g/mol. The molecule has 0 aliphatic heterocycles. The second-order valence-electron chi connectivity index (χ2n) is 8.66. The Morgan fingerprint density at radius 2 is 1.58 bits per heavy atom. The SMILES string of the molecule is CCCNC(=O)[C@@H](CC)N(Cc1ccc(F)cc1)C(=O)CN(c1ccc(Br)cc1)S(=O)(=O)c1ccccc1. The first-order valence-corrected chi connectivity index (χ1v) is 14.6. The largest absolute Gasteiger partial charge is 0.354 e. The van der Waals surface area contributed by atoms with E-state index < -0.39 is 34.3 Å². The minimum absolute atomic E-state index is 0.0106. The molecule has 7 nitrogen and oxygen atoms in total. The van der Waals surface area contributed by atoms with E-state index in [0.717, 1.165) is 15.2 Å². The molecule has 0 spiro atoms. The van der Waals surface area contributed by atoms with Crippen molar-refractivity contribution in [3.63, 3.8) is 0 Å². The number of halogens is 2. The maximum Gasteiger partial charge on any atom is 0.264 e. The van der Waals surface area contributed by atoms with Gasteiger partial charge in [-0.3, -0.25) is 13.9 Å². The van der Waals surface area contributed by atoms with Crippen molar-refractivity contribution >= 4 is 43.5 Å². The first kappa shape index (κ1) is 29.3. The number of amides is 2. The van der Waals surface area contributed by atoms with Gasteiger partial charge < -0.3 is 10.2 Å². The molecule has 3 aromatic rings. The summed E-state index contributed by atoms with van der Waals surface area (Å²) in [7, 11) is -4.12. The number of hydrogen-bond acceptors (Lipinski definition) is 4. The smallest absolute Gasteiger partial charge is 0.264 e. The van der Waals surface area contributed by atoms with Crippen LogP contribution in [0, 0.1) is 5.82 Å². The van der Waals surface area contributed by atoms with Crippen molar-refractivity contribution in [1.82, 2.24) is 10.2 Å². The maximum absolute atomic E-state index is 13.9. The molecule has 1 atom stereocenters. The van der Waals surface area contributed by atoms with E-state index in [-0.39, 0.29) is 17.3 Å². The van der Waals surface area contributed by atoms with Gasteiger partial charge in [-0.2, -0.15) is 0 Å². The molecule has 3 rings (SSSR count). The summed E-state index contributed by atoms with van der Waals surface area (Å²) in [5.41, 5.74) is 0.915. The molecule has 0 aliphatic carbocycles. The molecule has 0 unspecified atom stereocenters. The van der Waals surface area contributed by atoms with Crippen LogP contribution < -0.4 is 9.62 Å².